The minimum Gasteiger partial charge on any atom is -0.282 e. The molecule has 4 aromatic rings. The van der Waals surface area contributed by atoms with Crippen molar-refractivity contribution in [2.75, 3.05) is 0 Å². The van der Waals surface area contributed by atoms with Gasteiger partial charge in [0.15, 0.2) is 0 Å². The van der Waals surface area contributed by atoms with Gasteiger partial charge < -0.3 is 0 Å². The smallest absolute Gasteiger partial charge is 0.235 e. The molecule has 0 radical (unpaired) electrons. The maximum atomic E-state index is 9.48. The number of rotatable bonds is 1. The van der Waals surface area contributed by atoms with Crippen LogP contribution in [0.15, 0.2) is 54.7 Å². The van der Waals surface area contributed by atoms with Crippen molar-refractivity contribution < 1.29 is 0 Å². The molecule has 0 amide bonds. The third-order valence-corrected chi connectivity index (χ3v) is 3.75. The monoisotopic (exact) mass is 284 g/mol. The van der Waals surface area contributed by atoms with Crippen LogP contribution in [0.5, 0.6) is 0 Å². The van der Waals surface area contributed by atoms with Crippen LogP contribution >= 0.6 is 0 Å². The molecule has 0 aliphatic heterocycles. The van der Waals surface area contributed by atoms with Crippen LogP contribution in [0, 0.1) is 18.3 Å². The fourth-order valence-corrected chi connectivity index (χ4v) is 2.60. The molecule has 0 unspecified atom stereocenters. The Morgan fingerprint density at radius 3 is 2.55 bits per heavy atom. The Hall–Kier alpha value is -3.19. The number of hydrogen-bond donors (Lipinski definition) is 0. The van der Waals surface area contributed by atoms with Gasteiger partial charge in [-0.1, -0.05) is 42.0 Å². The van der Waals surface area contributed by atoms with Crippen molar-refractivity contribution in [3.8, 4) is 17.3 Å². The first kappa shape index (κ1) is 12.5. The van der Waals surface area contributed by atoms with E-state index in [0.29, 0.717) is 17.0 Å². The first-order valence-corrected chi connectivity index (χ1v) is 7.01. The lowest BCUT2D eigenvalue weighted by molar-refractivity contribution is 1.12. The number of benzene rings is 2. The molecule has 22 heavy (non-hydrogen) atoms. The predicted octanol–water partition coefficient (Wildman–Crippen LogP) is 3.73. The molecule has 4 nitrogen and oxygen atoms in total. The summed E-state index contributed by atoms with van der Waals surface area (Å²) in [6.07, 6.45) is 1.81. The van der Waals surface area contributed by atoms with E-state index in [9.17, 15) is 5.26 Å². The van der Waals surface area contributed by atoms with E-state index < -0.39 is 0 Å². The first-order valence-electron chi connectivity index (χ1n) is 7.01. The Morgan fingerprint density at radius 2 is 1.77 bits per heavy atom. The molecule has 0 atom stereocenters. The van der Waals surface area contributed by atoms with Crippen LogP contribution in [0.2, 0.25) is 0 Å². The Bertz CT molecular complexity index is 1040. The molecule has 0 fully saturated rings. The average molecular weight is 284 g/mol. The molecule has 2 aromatic heterocycles. The van der Waals surface area contributed by atoms with Gasteiger partial charge in [-0.15, -0.1) is 0 Å². The number of para-hydroxylation sites is 2. The van der Waals surface area contributed by atoms with Crippen molar-refractivity contribution in [1.29, 1.82) is 5.26 Å². The number of aryl methyl sites for hydroxylation is 1. The number of aromatic nitrogens is 3. The van der Waals surface area contributed by atoms with Gasteiger partial charge in [-0.3, -0.25) is 4.40 Å². The molecular weight excluding hydrogens is 272 g/mol. The van der Waals surface area contributed by atoms with Crippen LogP contribution in [0.25, 0.3) is 28.1 Å². The molecular formula is C18H12N4. The SMILES string of the molecule is Cc1ccc(-c2nc3nc4ccccc4n3cc2C#N)cc1. The molecule has 0 saturated carbocycles. The molecule has 2 heterocycles. The zero-order chi connectivity index (χ0) is 15.1. The van der Waals surface area contributed by atoms with Crippen molar-refractivity contribution in [1.82, 2.24) is 14.4 Å². The Labute approximate surface area is 127 Å². The maximum Gasteiger partial charge on any atom is 0.235 e. The minimum atomic E-state index is 0.541. The molecule has 0 N–H and O–H groups in total. The number of nitrogens with zero attached hydrogens (tertiary/aromatic N) is 4. The third-order valence-electron chi connectivity index (χ3n) is 3.75. The number of imidazole rings is 1. The van der Waals surface area contributed by atoms with Gasteiger partial charge in [0.2, 0.25) is 5.78 Å². The van der Waals surface area contributed by atoms with Crippen LogP contribution in [0.4, 0.5) is 0 Å². The Balaban J connectivity index is 2.04. The highest BCUT2D eigenvalue weighted by atomic mass is 15.1. The highest BCUT2D eigenvalue weighted by Crippen LogP contribution is 2.24. The van der Waals surface area contributed by atoms with E-state index in [1.165, 1.54) is 5.56 Å². The lowest BCUT2D eigenvalue weighted by atomic mass is 10.1. The Morgan fingerprint density at radius 1 is 1.00 bits per heavy atom. The quantitative estimate of drug-likeness (QED) is 0.535. The summed E-state index contributed by atoms with van der Waals surface area (Å²) in [5.41, 5.74) is 5.15. The van der Waals surface area contributed by atoms with Crippen LogP contribution < -0.4 is 0 Å². The van der Waals surface area contributed by atoms with E-state index in [4.69, 9.17) is 0 Å². The summed E-state index contributed by atoms with van der Waals surface area (Å²) < 4.78 is 1.87. The number of hydrogen-bond acceptors (Lipinski definition) is 3. The molecule has 4 heteroatoms. The fraction of sp³-hybridized carbons (Fsp3) is 0.0556. The second kappa shape index (κ2) is 4.68. The van der Waals surface area contributed by atoms with Gasteiger partial charge in [-0.2, -0.15) is 5.26 Å². The largest absolute Gasteiger partial charge is 0.282 e. The third kappa shape index (κ3) is 1.84. The summed E-state index contributed by atoms with van der Waals surface area (Å²) in [5, 5.41) is 9.48. The van der Waals surface area contributed by atoms with Gasteiger partial charge >= 0.3 is 0 Å². The lowest BCUT2D eigenvalue weighted by Crippen LogP contribution is -1.96. The lowest BCUT2D eigenvalue weighted by Gasteiger charge is -2.05. The van der Waals surface area contributed by atoms with Gasteiger partial charge in [0.25, 0.3) is 0 Å². The standard InChI is InChI=1S/C18H12N4/c1-12-6-8-13(9-7-12)17-14(10-19)11-22-16-5-3-2-4-15(16)20-18(22)21-17/h2-9,11H,1H3. The van der Waals surface area contributed by atoms with Gasteiger partial charge in [-0.05, 0) is 19.1 Å². The molecule has 0 saturated heterocycles. The number of nitriles is 1. The molecule has 104 valence electrons. The van der Waals surface area contributed by atoms with Crippen molar-refractivity contribution in [2.45, 2.75) is 6.92 Å². The van der Waals surface area contributed by atoms with Gasteiger partial charge in [0, 0.05) is 11.8 Å². The van der Waals surface area contributed by atoms with Crippen LogP contribution in [-0.4, -0.2) is 14.4 Å². The van der Waals surface area contributed by atoms with Gasteiger partial charge in [0.05, 0.1) is 22.3 Å². The summed E-state index contributed by atoms with van der Waals surface area (Å²) in [5.74, 6) is 0.607. The topological polar surface area (TPSA) is 54.0 Å². The summed E-state index contributed by atoms with van der Waals surface area (Å²) in [4.78, 5) is 9.15. The second-order valence-corrected chi connectivity index (χ2v) is 5.25. The summed E-state index contributed by atoms with van der Waals surface area (Å²) in [7, 11) is 0. The Kier molecular flexibility index (Phi) is 2.67. The second-order valence-electron chi connectivity index (χ2n) is 5.25. The highest BCUT2D eigenvalue weighted by Gasteiger charge is 2.12. The summed E-state index contributed by atoms with van der Waals surface area (Å²) >= 11 is 0. The van der Waals surface area contributed by atoms with Crippen LogP contribution in [0.3, 0.4) is 0 Å². The van der Waals surface area contributed by atoms with Crippen LogP contribution in [-0.2, 0) is 0 Å². The number of fused-ring (bicyclic) bond motifs is 3. The molecule has 2 aromatic carbocycles. The first-order chi connectivity index (χ1) is 10.8. The molecule has 4 rings (SSSR count). The van der Waals surface area contributed by atoms with Crippen molar-refractivity contribution in [3.63, 3.8) is 0 Å². The van der Waals surface area contributed by atoms with Crippen molar-refractivity contribution >= 4 is 16.8 Å². The van der Waals surface area contributed by atoms with E-state index in [0.717, 1.165) is 16.6 Å². The predicted molar refractivity (Wildman–Crippen MR) is 85.4 cm³/mol. The highest BCUT2D eigenvalue weighted by molar-refractivity contribution is 5.80. The summed E-state index contributed by atoms with van der Waals surface area (Å²) in [6.45, 7) is 2.03. The van der Waals surface area contributed by atoms with Gasteiger partial charge in [0.1, 0.15) is 6.07 Å². The van der Waals surface area contributed by atoms with E-state index in [2.05, 4.69) is 16.0 Å². The molecule has 0 spiro atoms. The van der Waals surface area contributed by atoms with Crippen LogP contribution in [0.1, 0.15) is 11.1 Å². The zero-order valence-corrected chi connectivity index (χ0v) is 12.0. The molecule has 0 aliphatic rings. The molecule has 0 aliphatic carbocycles. The van der Waals surface area contributed by atoms with Crippen molar-refractivity contribution in [2.24, 2.45) is 0 Å². The van der Waals surface area contributed by atoms with Gasteiger partial charge in [-0.25, -0.2) is 9.97 Å². The molecule has 0 bridgehead atoms. The van der Waals surface area contributed by atoms with Crippen molar-refractivity contribution in [3.05, 3.63) is 65.9 Å². The normalized spacial score (nSPS) is 10.9. The van der Waals surface area contributed by atoms with E-state index >= 15 is 0 Å². The zero-order valence-electron chi connectivity index (χ0n) is 12.0. The minimum absolute atomic E-state index is 0.541. The van der Waals surface area contributed by atoms with E-state index in [1.54, 1.807) is 0 Å². The fourth-order valence-electron chi connectivity index (χ4n) is 2.60. The maximum absolute atomic E-state index is 9.48. The van der Waals surface area contributed by atoms with E-state index in [1.807, 2.05) is 66.1 Å². The summed E-state index contributed by atoms with van der Waals surface area (Å²) in [6, 6.07) is 18.1. The average Bonchev–Trinajstić information content (AvgIpc) is 2.92. The van der Waals surface area contributed by atoms with E-state index in [-0.39, 0.29) is 0 Å².